The molecule has 1 saturated heterocycles. The van der Waals surface area contributed by atoms with Gasteiger partial charge in [0.25, 0.3) is 5.91 Å². The van der Waals surface area contributed by atoms with Crippen LogP contribution in [0.4, 0.5) is 5.69 Å². The lowest BCUT2D eigenvalue weighted by Crippen LogP contribution is -2.37. The van der Waals surface area contributed by atoms with E-state index in [-0.39, 0.29) is 35.3 Å². The Morgan fingerprint density at radius 3 is 2.76 bits per heavy atom. The molecule has 1 aromatic heterocycles. The van der Waals surface area contributed by atoms with E-state index in [1.165, 1.54) is 11.8 Å². The number of carbonyl (C=O) groups is 2. The zero-order valence-electron chi connectivity index (χ0n) is 13.8. The summed E-state index contributed by atoms with van der Waals surface area (Å²) >= 11 is 0. The summed E-state index contributed by atoms with van der Waals surface area (Å²) in [4.78, 5) is 37.3. The van der Waals surface area contributed by atoms with Crippen molar-refractivity contribution in [3.8, 4) is 0 Å². The summed E-state index contributed by atoms with van der Waals surface area (Å²) in [5.74, 6) is -0.544. The van der Waals surface area contributed by atoms with Crippen molar-refractivity contribution in [3.63, 3.8) is 0 Å². The van der Waals surface area contributed by atoms with Gasteiger partial charge in [-0.2, -0.15) is 5.10 Å². The smallest absolute Gasteiger partial charge is 0.322 e. The molecule has 8 nitrogen and oxygen atoms in total. The number of benzene rings is 1. The number of amides is 1. The molecule has 0 aliphatic carbocycles. The molecule has 3 rings (SSSR count). The molecule has 1 aliphatic rings. The van der Waals surface area contributed by atoms with Crippen LogP contribution < -0.4 is 0 Å². The first-order valence-corrected chi connectivity index (χ1v) is 8.07. The summed E-state index contributed by atoms with van der Waals surface area (Å²) in [6.07, 6.45) is 1.66. The number of H-pyrrole nitrogens is 1. The first kappa shape index (κ1) is 16.8. The lowest BCUT2D eigenvalue weighted by Gasteiger charge is -2.23. The molecule has 1 unspecified atom stereocenters. The minimum Gasteiger partial charge on any atom is -0.334 e. The third kappa shape index (κ3) is 3.28. The van der Waals surface area contributed by atoms with Gasteiger partial charge in [-0.05, 0) is 19.8 Å². The number of carbonyl (C=O) groups excluding carboxylic acids is 2. The molecule has 0 spiro atoms. The highest BCUT2D eigenvalue weighted by Gasteiger charge is 2.36. The van der Waals surface area contributed by atoms with Crippen molar-refractivity contribution in [2.45, 2.75) is 32.2 Å². The van der Waals surface area contributed by atoms with E-state index in [9.17, 15) is 19.7 Å². The van der Waals surface area contributed by atoms with Crippen LogP contribution in [-0.2, 0) is 0 Å². The molecule has 1 aliphatic heterocycles. The van der Waals surface area contributed by atoms with Gasteiger partial charge in [0.1, 0.15) is 5.69 Å². The monoisotopic (exact) mass is 342 g/mol. The lowest BCUT2D eigenvalue weighted by atomic mass is 10.0. The van der Waals surface area contributed by atoms with Crippen molar-refractivity contribution < 1.29 is 14.5 Å². The van der Waals surface area contributed by atoms with E-state index in [1.807, 2.05) is 6.07 Å². The molecular weight excluding hydrogens is 324 g/mol. The highest BCUT2D eigenvalue weighted by molar-refractivity contribution is 5.99. The Morgan fingerprint density at radius 2 is 2.08 bits per heavy atom. The van der Waals surface area contributed by atoms with E-state index in [0.717, 1.165) is 6.42 Å². The quantitative estimate of drug-likeness (QED) is 0.510. The second-order valence-electron chi connectivity index (χ2n) is 6.09. The fourth-order valence-corrected chi connectivity index (χ4v) is 3.20. The van der Waals surface area contributed by atoms with E-state index in [2.05, 4.69) is 10.2 Å². The molecule has 0 bridgehead atoms. The highest BCUT2D eigenvalue weighted by Crippen LogP contribution is 2.27. The number of ketones is 1. The molecule has 1 amide bonds. The third-order valence-corrected chi connectivity index (χ3v) is 4.45. The second kappa shape index (κ2) is 6.84. The molecule has 8 heteroatoms. The van der Waals surface area contributed by atoms with Gasteiger partial charge in [0.05, 0.1) is 4.92 Å². The highest BCUT2D eigenvalue weighted by atomic mass is 16.6. The number of aromatic nitrogens is 2. The summed E-state index contributed by atoms with van der Waals surface area (Å²) in [6, 6.07) is 8.64. The predicted octanol–water partition coefficient (Wildman–Crippen LogP) is 2.50. The van der Waals surface area contributed by atoms with Crippen LogP contribution in [0.1, 0.15) is 45.8 Å². The average Bonchev–Trinajstić information content (AvgIpc) is 3.21. The minimum atomic E-state index is -0.605. The van der Waals surface area contributed by atoms with Gasteiger partial charge in [0.15, 0.2) is 5.78 Å². The molecular formula is C17H18N4O4. The summed E-state index contributed by atoms with van der Waals surface area (Å²) in [5, 5.41) is 17.5. The van der Waals surface area contributed by atoms with E-state index in [0.29, 0.717) is 18.5 Å². The summed E-state index contributed by atoms with van der Waals surface area (Å²) in [5.41, 5.74) is 0.347. The maximum absolute atomic E-state index is 12.7. The van der Waals surface area contributed by atoms with Crippen LogP contribution in [-0.4, -0.2) is 44.3 Å². The van der Waals surface area contributed by atoms with Crippen molar-refractivity contribution >= 4 is 17.4 Å². The SMILES string of the molecule is Cc1[nH]nc(C(=O)N2CCCC2CC(=O)c2ccccc2)c1[N+](=O)[O-]. The van der Waals surface area contributed by atoms with Crippen molar-refractivity contribution in [3.05, 3.63) is 57.4 Å². The molecule has 2 aromatic rings. The summed E-state index contributed by atoms with van der Waals surface area (Å²) in [6.45, 7) is 1.97. The zero-order chi connectivity index (χ0) is 18.0. The third-order valence-electron chi connectivity index (χ3n) is 4.45. The molecule has 1 atom stereocenters. The van der Waals surface area contributed by atoms with E-state index >= 15 is 0 Å². The molecule has 0 radical (unpaired) electrons. The number of likely N-dealkylation sites (tertiary alicyclic amines) is 1. The fourth-order valence-electron chi connectivity index (χ4n) is 3.20. The number of nitrogens with one attached hydrogen (secondary N) is 1. The van der Waals surface area contributed by atoms with Crippen LogP contribution in [0.25, 0.3) is 0 Å². The van der Waals surface area contributed by atoms with Gasteiger partial charge in [-0.3, -0.25) is 24.8 Å². The number of nitro groups is 1. The van der Waals surface area contributed by atoms with Crippen LogP contribution in [0.15, 0.2) is 30.3 Å². The lowest BCUT2D eigenvalue weighted by molar-refractivity contribution is -0.385. The maximum Gasteiger partial charge on any atom is 0.322 e. The molecule has 2 heterocycles. The first-order valence-electron chi connectivity index (χ1n) is 8.07. The largest absolute Gasteiger partial charge is 0.334 e. The molecule has 1 aromatic carbocycles. The van der Waals surface area contributed by atoms with Crippen LogP contribution in [0.3, 0.4) is 0 Å². The van der Waals surface area contributed by atoms with Gasteiger partial charge in [0.2, 0.25) is 5.69 Å². The number of Topliss-reactive ketones (excluding diaryl/α,β-unsaturated/α-hetero) is 1. The Kier molecular flexibility index (Phi) is 4.60. The normalized spacial score (nSPS) is 16.8. The number of aryl methyl sites for hydroxylation is 1. The van der Waals surface area contributed by atoms with Gasteiger partial charge in [-0.1, -0.05) is 30.3 Å². The van der Waals surface area contributed by atoms with E-state index < -0.39 is 10.8 Å². The van der Waals surface area contributed by atoms with Gasteiger partial charge >= 0.3 is 5.69 Å². The van der Waals surface area contributed by atoms with Gasteiger partial charge in [-0.15, -0.1) is 0 Å². The topological polar surface area (TPSA) is 109 Å². The summed E-state index contributed by atoms with van der Waals surface area (Å²) < 4.78 is 0. The minimum absolute atomic E-state index is 0.0435. The fraction of sp³-hybridized carbons (Fsp3) is 0.353. The Balaban J connectivity index is 1.79. The van der Waals surface area contributed by atoms with Crippen LogP contribution in [0.2, 0.25) is 0 Å². The molecule has 0 saturated carbocycles. The molecule has 1 fully saturated rings. The Bertz CT molecular complexity index is 815. The van der Waals surface area contributed by atoms with Gasteiger partial charge < -0.3 is 4.90 Å². The Hall–Kier alpha value is -3.03. The van der Waals surface area contributed by atoms with Crippen molar-refractivity contribution in [1.29, 1.82) is 0 Å². The number of hydrogen-bond acceptors (Lipinski definition) is 5. The Labute approximate surface area is 144 Å². The standard InChI is InChI=1S/C17H18N4O4/c1-11-16(21(24)25)15(19-18-11)17(23)20-9-5-8-13(20)10-14(22)12-6-3-2-4-7-12/h2-4,6-7,13H,5,8-10H2,1H3,(H,18,19). The Morgan fingerprint density at radius 1 is 1.36 bits per heavy atom. The zero-order valence-corrected chi connectivity index (χ0v) is 13.8. The number of hydrogen-bond donors (Lipinski definition) is 1. The van der Waals surface area contributed by atoms with Crippen LogP contribution in [0.5, 0.6) is 0 Å². The van der Waals surface area contributed by atoms with Crippen molar-refractivity contribution in [2.75, 3.05) is 6.54 Å². The molecule has 130 valence electrons. The number of nitrogens with zero attached hydrogens (tertiary/aromatic N) is 3. The van der Waals surface area contributed by atoms with Crippen molar-refractivity contribution in [1.82, 2.24) is 15.1 Å². The predicted molar refractivity (Wildman–Crippen MR) is 89.4 cm³/mol. The molecule has 1 N–H and O–H groups in total. The van der Waals surface area contributed by atoms with E-state index in [1.54, 1.807) is 24.3 Å². The van der Waals surface area contributed by atoms with Gasteiger partial charge in [0, 0.05) is 24.6 Å². The van der Waals surface area contributed by atoms with E-state index in [4.69, 9.17) is 0 Å². The maximum atomic E-state index is 12.7. The average molecular weight is 342 g/mol. The first-order chi connectivity index (χ1) is 12.0. The summed E-state index contributed by atoms with van der Waals surface area (Å²) in [7, 11) is 0. The van der Waals surface area contributed by atoms with Crippen LogP contribution >= 0.6 is 0 Å². The second-order valence-corrected chi connectivity index (χ2v) is 6.09. The molecule has 25 heavy (non-hydrogen) atoms. The number of rotatable bonds is 5. The van der Waals surface area contributed by atoms with Crippen molar-refractivity contribution in [2.24, 2.45) is 0 Å². The van der Waals surface area contributed by atoms with Gasteiger partial charge in [-0.25, -0.2) is 0 Å². The van der Waals surface area contributed by atoms with Crippen LogP contribution in [0, 0.1) is 17.0 Å². The number of aromatic amines is 1.